The maximum atomic E-state index is 4.84. The SMILES string of the molecule is C/C(=N/N1CCN(Cc2cccc3ccccc23)CC1)c1ccc(Br)cc1. The fourth-order valence-electron chi connectivity index (χ4n) is 3.63. The van der Waals surface area contributed by atoms with E-state index in [2.05, 4.69) is 99.5 Å². The second kappa shape index (κ2) is 8.24. The fraction of sp³-hybridized carbons (Fsp3) is 0.261. The molecule has 1 aliphatic heterocycles. The third kappa shape index (κ3) is 4.40. The van der Waals surface area contributed by atoms with E-state index in [-0.39, 0.29) is 0 Å². The zero-order valence-corrected chi connectivity index (χ0v) is 17.2. The first-order valence-corrected chi connectivity index (χ1v) is 10.2. The van der Waals surface area contributed by atoms with Gasteiger partial charge in [-0.05, 0) is 41.0 Å². The van der Waals surface area contributed by atoms with Gasteiger partial charge in [0.2, 0.25) is 0 Å². The molecule has 27 heavy (non-hydrogen) atoms. The topological polar surface area (TPSA) is 18.8 Å². The molecule has 0 unspecified atom stereocenters. The largest absolute Gasteiger partial charge is 0.295 e. The summed E-state index contributed by atoms with van der Waals surface area (Å²) in [4.78, 5) is 2.53. The predicted octanol–water partition coefficient (Wildman–Crippen LogP) is 5.14. The van der Waals surface area contributed by atoms with E-state index < -0.39 is 0 Å². The van der Waals surface area contributed by atoms with Crippen molar-refractivity contribution in [3.63, 3.8) is 0 Å². The second-order valence-corrected chi connectivity index (χ2v) is 7.98. The van der Waals surface area contributed by atoms with Gasteiger partial charge in [-0.1, -0.05) is 70.5 Å². The van der Waals surface area contributed by atoms with Gasteiger partial charge in [-0.3, -0.25) is 9.91 Å². The van der Waals surface area contributed by atoms with E-state index in [4.69, 9.17) is 5.10 Å². The van der Waals surface area contributed by atoms with E-state index in [1.54, 1.807) is 0 Å². The third-order valence-corrected chi connectivity index (χ3v) is 5.70. The number of rotatable bonds is 4. The van der Waals surface area contributed by atoms with Gasteiger partial charge in [-0.2, -0.15) is 5.10 Å². The van der Waals surface area contributed by atoms with E-state index in [1.165, 1.54) is 21.9 Å². The van der Waals surface area contributed by atoms with Gasteiger partial charge < -0.3 is 0 Å². The van der Waals surface area contributed by atoms with Crippen LogP contribution in [-0.2, 0) is 6.54 Å². The normalized spacial score (nSPS) is 16.1. The lowest BCUT2D eigenvalue weighted by atomic mass is 10.0. The fourth-order valence-corrected chi connectivity index (χ4v) is 3.89. The highest BCUT2D eigenvalue weighted by molar-refractivity contribution is 9.10. The second-order valence-electron chi connectivity index (χ2n) is 7.06. The number of benzene rings is 3. The average Bonchev–Trinajstić information content (AvgIpc) is 2.70. The Hall–Kier alpha value is -2.17. The molecule has 3 nitrogen and oxygen atoms in total. The van der Waals surface area contributed by atoms with Gasteiger partial charge in [0.1, 0.15) is 0 Å². The molecule has 1 fully saturated rings. The lowest BCUT2D eigenvalue weighted by molar-refractivity contribution is 0.131. The molecule has 0 saturated carbocycles. The summed E-state index contributed by atoms with van der Waals surface area (Å²) in [5.41, 5.74) is 3.66. The standard InChI is InChI=1S/C23H24BrN3/c1-18(19-9-11-22(24)12-10-19)25-27-15-13-26(14-16-27)17-21-7-4-6-20-5-2-3-8-23(20)21/h2-12H,13-17H2,1H3/b25-18-. The molecule has 1 heterocycles. The molecule has 0 atom stereocenters. The highest BCUT2D eigenvalue weighted by atomic mass is 79.9. The summed E-state index contributed by atoms with van der Waals surface area (Å²) in [6, 6.07) is 23.6. The average molecular weight is 422 g/mol. The molecule has 0 spiro atoms. The molecule has 0 N–H and O–H groups in total. The number of hydrogen-bond acceptors (Lipinski definition) is 3. The predicted molar refractivity (Wildman–Crippen MR) is 117 cm³/mol. The number of piperazine rings is 1. The van der Waals surface area contributed by atoms with Crippen molar-refractivity contribution in [3.05, 3.63) is 82.3 Å². The number of fused-ring (bicyclic) bond motifs is 1. The van der Waals surface area contributed by atoms with Gasteiger partial charge in [0.05, 0.1) is 5.71 Å². The molecule has 1 saturated heterocycles. The van der Waals surface area contributed by atoms with Crippen molar-refractivity contribution in [2.75, 3.05) is 26.2 Å². The van der Waals surface area contributed by atoms with E-state index in [9.17, 15) is 0 Å². The number of halogens is 1. The van der Waals surface area contributed by atoms with Gasteiger partial charge in [0.25, 0.3) is 0 Å². The Kier molecular flexibility index (Phi) is 5.55. The third-order valence-electron chi connectivity index (χ3n) is 5.18. The first-order chi connectivity index (χ1) is 13.2. The van der Waals surface area contributed by atoms with E-state index >= 15 is 0 Å². The molecule has 0 amide bonds. The maximum absolute atomic E-state index is 4.84. The smallest absolute Gasteiger partial charge is 0.0646 e. The molecule has 0 bridgehead atoms. The number of hydrazone groups is 1. The molecular weight excluding hydrogens is 398 g/mol. The van der Waals surface area contributed by atoms with Crippen molar-refractivity contribution < 1.29 is 0 Å². The van der Waals surface area contributed by atoms with Crippen molar-refractivity contribution >= 4 is 32.4 Å². The minimum absolute atomic E-state index is 0.971. The van der Waals surface area contributed by atoms with Gasteiger partial charge >= 0.3 is 0 Å². The van der Waals surface area contributed by atoms with Crippen LogP contribution in [0.5, 0.6) is 0 Å². The summed E-state index contributed by atoms with van der Waals surface area (Å²) in [5.74, 6) is 0. The number of nitrogens with zero attached hydrogens (tertiary/aromatic N) is 3. The monoisotopic (exact) mass is 421 g/mol. The quantitative estimate of drug-likeness (QED) is 0.542. The van der Waals surface area contributed by atoms with Crippen LogP contribution in [0.2, 0.25) is 0 Å². The minimum atomic E-state index is 0.971. The van der Waals surface area contributed by atoms with Crippen molar-refractivity contribution in [2.24, 2.45) is 5.10 Å². The van der Waals surface area contributed by atoms with Crippen LogP contribution in [0.3, 0.4) is 0 Å². The van der Waals surface area contributed by atoms with Crippen molar-refractivity contribution in [1.29, 1.82) is 0 Å². The molecule has 0 aliphatic carbocycles. The van der Waals surface area contributed by atoms with Crippen molar-refractivity contribution in [3.8, 4) is 0 Å². The van der Waals surface area contributed by atoms with Crippen LogP contribution in [-0.4, -0.2) is 41.8 Å². The van der Waals surface area contributed by atoms with Gasteiger partial charge in [-0.15, -0.1) is 0 Å². The first-order valence-electron chi connectivity index (χ1n) is 9.44. The maximum Gasteiger partial charge on any atom is 0.0646 e. The van der Waals surface area contributed by atoms with Crippen LogP contribution in [0.4, 0.5) is 0 Å². The summed E-state index contributed by atoms with van der Waals surface area (Å²) in [5, 5.41) is 9.73. The lowest BCUT2D eigenvalue weighted by Gasteiger charge is -2.33. The van der Waals surface area contributed by atoms with Crippen LogP contribution in [0, 0.1) is 0 Å². The van der Waals surface area contributed by atoms with Crippen LogP contribution < -0.4 is 0 Å². The summed E-state index contributed by atoms with van der Waals surface area (Å²) in [7, 11) is 0. The lowest BCUT2D eigenvalue weighted by Crippen LogP contribution is -2.43. The highest BCUT2D eigenvalue weighted by Crippen LogP contribution is 2.20. The molecular formula is C23H24BrN3. The van der Waals surface area contributed by atoms with E-state index in [0.717, 1.165) is 42.9 Å². The van der Waals surface area contributed by atoms with Gasteiger partial charge in [0, 0.05) is 37.2 Å². The summed E-state index contributed by atoms with van der Waals surface area (Å²) < 4.78 is 1.10. The Balaban J connectivity index is 1.39. The summed E-state index contributed by atoms with van der Waals surface area (Å²) in [6.07, 6.45) is 0. The Morgan fingerprint density at radius 3 is 2.37 bits per heavy atom. The van der Waals surface area contributed by atoms with Crippen LogP contribution >= 0.6 is 15.9 Å². The van der Waals surface area contributed by atoms with Crippen LogP contribution in [0.15, 0.2) is 76.3 Å². The van der Waals surface area contributed by atoms with Gasteiger partial charge in [-0.25, -0.2) is 0 Å². The Bertz CT molecular complexity index is 936. The van der Waals surface area contributed by atoms with Crippen LogP contribution in [0.1, 0.15) is 18.1 Å². The molecule has 3 aromatic carbocycles. The zero-order chi connectivity index (χ0) is 18.6. The molecule has 0 radical (unpaired) electrons. The Morgan fingerprint density at radius 1 is 0.889 bits per heavy atom. The van der Waals surface area contributed by atoms with Crippen LogP contribution in [0.25, 0.3) is 10.8 Å². The molecule has 4 heteroatoms. The summed E-state index contributed by atoms with van der Waals surface area (Å²) in [6.45, 7) is 7.12. The van der Waals surface area contributed by atoms with Crippen molar-refractivity contribution in [1.82, 2.24) is 9.91 Å². The van der Waals surface area contributed by atoms with E-state index in [0.29, 0.717) is 0 Å². The Labute approximate surface area is 169 Å². The minimum Gasteiger partial charge on any atom is -0.295 e. The van der Waals surface area contributed by atoms with E-state index in [1.807, 2.05) is 0 Å². The highest BCUT2D eigenvalue weighted by Gasteiger charge is 2.17. The zero-order valence-electron chi connectivity index (χ0n) is 15.6. The Morgan fingerprint density at radius 2 is 1.59 bits per heavy atom. The van der Waals surface area contributed by atoms with Gasteiger partial charge in [0.15, 0.2) is 0 Å². The molecule has 0 aromatic heterocycles. The number of hydrogen-bond donors (Lipinski definition) is 0. The molecule has 1 aliphatic rings. The molecule has 138 valence electrons. The van der Waals surface area contributed by atoms with Crippen molar-refractivity contribution in [2.45, 2.75) is 13.5 Å². The molecule has 4 rings (SSSR count). The molecule has 3 aromatic rings. The summed E-state index contributed by atoms with van der Waals surface area (Å²) >= 11 is 3.49. The first kappa shape index (κ1) is 18.2.